The van der Waals surface area contributed by atoms with Gasteiger partial charge in [-0.3, -0.25) is 9.88 Å². The molecular formula is C29H28N2O. The zero-order valence-electron chi connectivity index (χ0n) is 18.2. The van der Waals surface area contributed by atoms with Gasteiger partial charge >= 0.3 is 0 Å². The van der Waals surface area contributed by atoms with Gasteiger partial charge < -0.3 is 5.11 Å². The molecule has 3 aliphatic heterocycles. The van der Waals surface area contributed by atoms with Gasteiger partial charge in [-0.15, -0.1) is 6.58 Å². The lowest BCUT2D eigenvalue weighted by Crippen LogP contribution is -2.54. The van der Waals surface area contributed by atoms with Crippen molar-refractivity contribution in [1.29, 1.82) is 0 Å². The van der Waals surface area contributed by atoms with Crippen LogP contribution in [0.3, 0.4) is 0 Å². The highest BCUT2D eigenvalue weighted by molar-refractivity contribution is 5.99. The molecule has 7 rings (SSSR count). The highest BCUT2D eigenvalue weighted by Gasteiger charge is 2.42. The van der Waals surface area contributed by atoms with Crippen molar-refractivity contribution in [3.05, 3.63) is 91.1 Å². The standard InChI is InChI=1S/C29H28N2O/c1-2-19-18-31-15-13-21(19)17-28(31)29(32)25-12-14-30-27-11-10-22(16-26(25)27)24-9-5-7-20-6-3-4-8-23(20)24/h2-12,14,16,19,21,28-29,32H,1,13,15,17-18H2/t19-,21-,28+,29+/m0/s1. The van der Waals surface area contributed by atoms with E-state index in [9.17, 15) is 5.11 Å². The molecule has 4 aromatic rings. The predicted octanol–water partition coefficient (Wildman–Crippen LogP) is 5.98. The van der Waals surface area contributed by atoms with Crippen molar-refractivity contribution in [3.63, 3.8) is 0 Å². The molecule has 0 amide bonds. The van der Waals surface area contributed by atoms with Gasteiger partial charge in [-0.1, -0.05) is 54.6 Å². The molecule has 0 radical (unpaired) electrons. The van der Waals surface area contributed by atoms with E-state index >= 15 is 0 Å². The fourth-order valence-corrected chi connectivity index (χ4v) is 5.98. The Morgan fingerprint density at radius 1 is 1.03 bits per heavy atom. The molecule has 3 nitrogen and oxygen atoms in total. The molecule has 5 atom stereocenters. The summed E-state index contributed by atoms with van der Waals surface area (Å²) >= 11 is 0. The summed E-state index contributed by atoms with van der Waals surface area (Å²) in [4.78, 5) is 7.07. The number of hydrogen-bond acceptors (Lipinski definition) is 3. The average Bonchev–Trinajstić information content (AvgIpc) is 2.87. The van der Waals surface area contributed by atoms with Gasteiger partial charge in [0.2, 0.25) is 0 Å². The maximum atomic E-state index is 11.6. The van der Waals surface area contributed by atoms with E-state index < -0.39 is 6.10 Å². The zero-order valence-corrected chi connectivity index (χ0v) is 18.2. The van der Waals surface area contributed by atoms with Crippen molar-refractivity contribution in [2.45, 2.75) is 25.0 Å². The highest BCUT2D eigenvalue weighted by atomic mass is 16.3. The molecular weight excluding hydrogens is 392 g/mol. The van der Waals surface area contributed by atoms with E-state index in [0.29, 0.717) is 11.8 Å². The second-order valence-electron chi connectivity index (χ2n) is 9.35. The molecule has 32 heavy (non-hydrogen) atoms. The number of aromatic nitrogens is 1. The van der Waals surface area contributed by atoms with Gasteiger partial charge in [0.25, 0.3) is 0 Å². The number of nitrogens with zero attached hydrogens (tertiary/aromatic N) is 2. The predicted molar refractivity (Wildman–Crippen MR) is 131 cm³/mol. The van der Waals surface area contributed by atoms with Crippen LogP contribution in [-0.2, 0) is 0 Å². The molecule has 3 aliphatic rings. The summed E-state index contributed by atoms with van der Waals surface area (Å²) in [7, 11) is 0. The normalized spacial score (nSPS) is 25.8. The average molecular weight is 421 g/mol. The van der Waals surface area contributed by atoms with Gasteiger partial charge in [-0.05, 0) is 76.9 Å². The summed E-state index contributed by atoms with van der Waals surface area (Å²) in [5.41, 5.74) is 4.30. The minimum Gasteiger partial charge on any atom is -0.387 e. The second-order valence-corrected chi connectivity index (χ2v) is 9.35. The Hall–Kier alpha value is -3.01. The van der Waals surface area contributed by atoms with Gasteiger partial charge in [-0.2, -0.15) is 0 Å². The van der Waals surface area contributed by atoms with Crippen LogP contribution < -0.4 is 0 Å². The third-order valence-corrected chi connectivity index (χ3v) is 7.71. The number of aliphatic hydroxyl groups excluding tert-OH is 1. The van der Waals surface area contributed by atoms with Crippen molar-refractivity contribution in [2.75, 3.05) is 13.1 Å². The molecule has 0 aliphatic carbocycles. The Kier molecular flexibility index (Phi) is 4.82. The smallest absolute Gasteiger partial charge is 0.0952 e. The Morgan fingerprint density at radius 3 is 2.75 bits per heavy atom. The first-order valence-corrected chi connectivity index (χ1v) is 11.6. The van der Waals surface area contributed by atoms with Gasteiger partial charge in [0.05, 0.1) is 11.6 Å². The first-order chi connectivity index (χ1) is 15.7. The van der Waals surface area contributed by atoms with Crippen molar-refractivity contribution in [2.24, 2.45) is 11.8 Å². The van der Waals surface area contributed by atoms with E-state index in [-0.39, 0.29) is 6.04 Å². The lowest BCUT2D eigenvalue weighted by Gasteiger charge is -2.50. The number of pyridine rings is 1. The number of fused-ring (bicyclic) bond motifs is 5. The summed E-state index contributed by atoms with van der Waals surface area (Å²) in [6.45, 7) is 6.12. The minimum atomic E-state index is -0.517. The minimum absolute atomic E-state index is 0.164. The van der Waals surface area contributed by atoms with Gasteiger partial charge in [0.15, 0.2) is 0 Å². The lowest BCUT2D eigenvalue weighted by molar-refractivity contribution is -0.0444. The maximum absolute atomic E-state index is 11.6. The molecule has 1 aromatic heterocycles. The van der Waals surface area contributed by atoms with Crippen molar-refractivity contribution >= 4 is 21.7 Å². The van der Waals surface area contributed by atoms with E-state index in [1.54, 1.807) is 0 Å². The fourth-order valence-electron chi connectivity index (χ4n) is 5.98. The van der Waals surface area contributed by atoms with Crippen molar-refractivity contribution in [3.8, 4) is 11.1 Å². The quantitative estimate of drug-likeness (QED) is 0.412. The summed E-state index contributed by atoms with van der Waals surface area (Å²) < 4.78 is 0. The number of rotatable bonds is 4. The fraction of sp³-hybridized carbons (Fsp3) is 0.276. The Morgan fingerprint density at radius 2 is 1.91 bits per heavy atom. The summed E-state index contributed by atoms with van der Waals surface area (Å²) in [5, 5.41) is 15.1. The Labute approximate surface area is 189 Å². The number of piperidine rings is 3. The van der Waals surface area contributed by atoms with Crippen LogP contribution in [-0.4, -0.2) is 34.1 Å². The number of aliphatic hydroxyl groups is 1. The van der Waals surface area contributed by atoms with E-state index in [4.69, 9.17) is 0 Å². The third-order valence-electron chi connectivity index (χ3n) is 7.71. The molecule has 1 N–H and O–H groups in total. The molecule has 0 saturated carbocycles. The molecule has 0 spiro atoms. The second kappa shape index (κ2) is 7.84. The van der Waals surface area contributed by atoms with Crippen LogP contribution in [0.5, 0.6) is 0 Å². The van der Waals surface area contributed by atoms with Gasteiger partial charge in [0, 0.05) is 24.2 Å². The van der Waals surface area contributed by atoms with E-state index in [1.165, 1.54) is 22.8 Å². The SMILES string of the molecule is C=C[C@H]1CN2CC[C@H]1C[C@@H]2[C@H](O)c1ccnc2ccc(-c3cccc4ccccc34)cc12. The Bertz CT molecular complexity index is 1310. The lowest BCUT2D eigenvalue weighted by atomic mass is 9.73. The number of hydrogen-bond donors (Lipinski definition) is 1. The Balaban J connectivity index is 1.43. The topological polar surface area (TPSA) is 36.4 Å². The molecule has 3 aromatic carbocycles. The first-order valence-electron chi connectivity index (χ1n) is 11.6. The maximum Gasteiger partial charge on any atom is 0.0952 e. The van der Waals surface area contributed by atoms with Crippen LogP contribution in [0.1, 0.15) is 24.5 Å². The largest absolute Gasteiger partial charge is 0.387 e. The summed E-state index contributed by atoms with van der Waals surface area (Å²) in [6.07, 6.45) is 5.67. The van der Waals surface area contributed by atoms with E-state index in [1.807, 2.05) is 12.3 Å². The monoisotopic (exact) mass is 420 g/mol. The molecule has 1 unspecified atom stereocenters. The van der Waals surface area contributed by atoms with E-state index in [2.05, 4.69) is 83.2 Å². The van der Waals surface area contributed by atoms with Gasteiger partial charge in [-0.25, -0.2) is 0 Å². The highest BCUT2D eigenvalue weighted by Crippen LogP contribution is 2.42. The van der Waals surface area contributed by atoms with Gasteiger partial charge in [0.1, 0.15) is 0 Å². The molecule has 3 saturated heterocycles. The first kappa shape index (κ1) is 19.7. The summed E-state index contributed by atoms with van der Waals surface area (Å²) in [6, 6.07) is 23.6. The molecule has 2 bridgehead atoms. The zero-order chi connectivity index (χ0) is 21.7. The van der Waals surface area contributed by atoms with Crippen molar-refractivity contribution in [1.82, 2.24) is 9.88 Å². The van der Waals surface area contributed by atoms with Crippen LogP contribution >= 0.6 is 0 Å². The molecule has 4 heterocycles. The van der Waals surface area contributed by atoms with Crippen LogP contribution in [0.2, 0.25) is 0 Å². The molecule has 3 heteroatoms. The van der Waals surface area contributed by atoms with Crippen LogP contribution in [0.4, 0.5) is 0 Å². The van der Waals surface area contributed by atoms with Crippen LogP contribution in [0.15, 0.2) is 85.6 Å². The molecule has 160 valence electrons. The van der Waals surface area contributed by atoms with E-state index in [0.717, 1.165) is 41.5 Å². The third kappa shape index (κ3) is 3.16. The summed E-state index contributed by atoms with van der Waals surface area (Å²) in [5.74, 6) is 1.19. The van der Waals surface area contributed by atoms with Crippen LogP contribution in [0, 0.1) is 11.8 Å². The van der Waals surface area contributed by atoms with Crippen LogP contribution in [0.25, 0.3) is 32.8 Å². The number of benzene rings is 3. The van der Waals surface area contributed by atoms with Crippen molar-refractivity contribution < 1.29 is 5.11 Å². The molecule has 3 fully saturated rings.